The second-order valence-electron chi connectivity index (χ2n) is 5.91. The summed E-state index contributed by atoms with van der Waals surface area (Å²) in [6.07, 6.45) is 3.14. The van der Waals surface area contributed by atoms with E-state index < -0.39 is 0 Å². The molecular formula is C22H15ClN2O2. The van der Waals surface area contributed by atoms with E-state index in [1.165, 1.54) is 6.08 Å². The Morgan fingerprint density at radius 2 is 1.70 bits per heavy atom. The van der Waals surface area contributed by atoms with Crippen molar-refractivity contribution in [3.63, 3.8) is 0 Å². The number of amides is 1. The van der Waals surface area contributed by atoms with Crippen LogP contribution in [0.3, 0.4) is 0 Å². The van der Waals surface area contributed by atoms with Crippen molar-refractivity contribution in [3.05, 3.63) is 89.5 Å². The Morgan fingerprint density at radius 1 is 0.963 bits per heavy atom. The van der Waals surface area contributed by atoms with Crippen LogP contribution in [0, 0.1) is 0 Å². The van der Waals surface area contributed by atoms with E-state index in [1.807, 2.05) is 66.7 Å². The molecule has 5 heteroatoms. The predicted molar refractivity (Wildman–Crippen MR) is 109 cm³/mol. The lowest BCUT2D eigenvalue weighted by atomic mass is 10.2. The van der Waals surface area contributed by atoms with Crippen LogP contribution in [0.4, 0.5) is 5.69 Å². The number of oxazole rings is 1. The molecule has 0 spiro atoms. The smallest absolute Gasteiger partial charge is 0.248 e. The average Bonchev–Trinajstić information content (AvgIpc) is 3.12. The fraction of sp³-hybridized carbons (Fsp3) is 0. The Hall–Kier alpha value is -3.37. The number of carbonyl (C=O) groups is 1. The van der Waals surface area contributed by atoms with E-state index in [9.17, 15) is 4.79 Å². The minimum absolute atomic E-state index is 0.232. The third-order valence-corrected chi connectivity index (χ3v) is 4.36. The maximum atomic E-state index is 12.1. The van der Waals surface area contributed by atoms with Gasteiger partial charge in [0.25, 0.3) is 0 Å². The second-order valence-corrected chi connectivity index (χ2v) is 6.32. The van der Waals surface area contributed by atoms with Gasteiger partial charge in [0.05, 0.1) is 0 Å². The number of hydrogen-bond donors (Lipinski definition) is 1. The lowest BCUT2D eigenvalue weighted by Gasteiger charge is -2.03. The van der Waals surface area contributed by atoms with E-state index >= 15 is 0 Å². The molecule has 27 heavy (non-hydrogen) atoms. The van der Waals surface area contributed by atoms with Gasteiger partial charge in [-0.15, -0.1) is 0 Å². The third-order valence-electron chi connectivity index (χ3n) is 4.01. The predicted octanol–water partition coefficient (Wildman–Crippen LogP) is 5.80. The van der Waals surface area contributed by atoms with Crippen molar-refractivity contribution in [1.82, 2.24) is 4.98 Å². The van der Waals surface area contributed by atoms with Gasteiger partial charge in [-0.25, -0.2) is 4.98 Å². The molecule has 1 N–H and O–H groups in total. The van der Waals surface area contributed by atoms with E-state index in [0.29, 0.717) is 16.6 Å². The number of nitrogens with zero attached hydrogens (tertiary/aromatic N) is 1. The highest BCUT2D eigenvalue weighted by Gasteiger charge is 2.08. The summed E-state index contributed by atoms with van der Waals surface area (Å²) < 4.78 is 5.75. The second kappa shape index (κ2) is 7.48. The monoisotopic (exact) mass is 374 g/mol. The fourth-order valence-corrected chi connectivity index (χ4v) is 2.85. The van der Waals surface area contributed by atoms with Crippen LogP contribution in [-0.4, -0.2) is 10.9 Å². The molecule has 1 aromatic heterocycles. The summed E-state index contributed by atoms with van der Waals surface area (Å²) in [5, 5.41) is 3.42. The van der Waals surface area contributed by atoms with Gasteiger partial charge in [0.1, 0.15) is 5.52 Å². The zero-order valence-corrected chi connectivity index (χ0v) is 15.0. The molecule has 0 radical (unpaired) electrons. The summed E-state index contributed by atoms with van der Waals surface area (Å²) in [6, 6.07) is 22.3. The molecule has 4 rings (SSSR count). The summed E-state index contributed by atoms with van der Waals surface area (Å²) in [6.45, 7) is 0. The molecule has 0 aliphatic carbocycles. The molecule has 3 aromatic carbocycles. The molecule has 0 aliphatic rings. The summed E-state index contributed by atoms with van der Waals surface area (Å²) >= 11 is 6.08. The highest BCUT2D eigenvalue weighted by molar-refractivity contribution is 6.32. The molecule has 4 nitrogen and oxygen atoms in total. The van der Waals surface area contributed by atoms with Crippen molar-refractivity contribution < 1.29 is 9.21 Å². The van der Waals surface area contributed by atoms with Crippen molar-refractivity contribution in [2.75, 3.05) is 5.32 Å². The van der Waals surface area contributed by atoms with E-state index in [4.69, 9.17) is 16.0 Å². The standard InChI is InChI=1S/C22H15ClN2O2/c23-18-6-2-1-5-15(18)11-14-21(26)24-17-12-9-16(10-13-17)22-25-19-7-3-4-8-20(19)27-22/h1-14H,(H,24,26)/b14-11+. The molecule has 0 fully saturated rings. The van der Waals surface area contributed by atoms with Crippen molar-refractivity contribution in [2.45, 2.75) is 0 Å². The first-order chi connectivity index (χ1) is 13.2. The van der Waals surface area contributed by atoms with Crippen LogP contribution < -0.4 is 5.32 Å². The molecule has 132 valence electrons. The first kappa shape index (κ1) is 17.1. The van der Waals surface area contributed by atoms with Crippen LogP contribution in [0.15, 0.2) is 83.3 Å². The molecule has 0 atom stereocenters. The third kappa shape index (κ3) is 3.91. The van der Waals surface area contributed by atoms with E-state index in [1.54, 1.807) is 12.1 Å². The minimum atomic E-state index is -0.232. The van der Waals surface area contributed by atoms with E-state index in [-0.39, 0.29) is 5.91 Å². The summed E-state index contributed by atoms with van der Waals surface area (Å²) in [7, 11) is 0. The normalized spacial score (nSPS) is 11.1. The number of carbonyl (C=O) groups excluding carboxylic acids is 1. The van der Waals surface area contributed by atoms with Crippen LogP contribution >= 0.6 is 11.6 Å². The molecule has 4 aromatic rings. The molecule has 1 amide bonds. The number of nitrogens with one attached hydrogen (secondary N) is 1. The maximum absolute atomic E-state index is 12.1. The zero-order valence-electron chi connectivity index (χ0n) is 14.2. The number of benzene rings is 3. The first-order valence-electron chi connectivity index (χ1n) is 8.39. The van der Waals surface area contributed by atoms with Gasteiger partial charge in [-0.3, -0.25) is 4.79 Å². The quantitative estimate of drug-likeness (QED) is 0.459. The highest BCUT2D eigenvalue weighted by atomic mass is 35.5. The van der Waals surface area contributed by atoms with Gasteiger partial charge in [0, 0.05) is 22.3 Å². The van der Waals surface area contributed by atoms with Crippen molar-refractivity contribution in [1.29, 1.82) is 0 Å². The van der Waals surface area contributed by atoms with Gasteiger partial charge in [0.15, 0.2) is 5.58 Å². The van der Waals surface area contributed by atoms with Crippen LogP contribution in [0.25, 0.3) is 28.6 Å². The van der Waals surface area contributed by atoms with Gasteiger partial charge in [-0.05, 0) is 54.1 Å². The van der Waals surface area contributed by atoms with Crippen molar-refractivity contribution in [3.8, 4) is 11.5 Å². The van der Waals surface area contributed by atoms with Gasteiger partial charge >= 0.3 is 0 Å². The molecular weight excluding hydrogens is 360 g/mol. The Bertz CT molecular complexity index is 1100. The molecule has 0 unspecified atom stereocenters. The lowest BCUT2D eigenvalue weighted by molar-refractivity contribution is -0.111. The number of para-hydroxylation sites is 2. The lowest BCUT2D eigenvalue weighted by Crippen LogP contribution is -2.07. The van der Waals surface area contributed by atoms with Crippen molar-refractivity contribution >= 4 is 40.4 Å². The maximum Gasteiger partial charge on any atom is 0.248 e. The van der Waals surface area contributed by atoms with Gasteiger partial charge in [0.2, 0.25) is 11.8 Å². The Labute approximate surface area is 161 Å². The van der Waals surface area contributed by atoms with Gasteiger partial charge < -0.3 is 9.73 Å². The highest BCUT2D eigenvalue weighted by Crippen LogP contribution is 2.25. The van der Waals surface area contributed by atoms with Crippen molar-refractivity contribution in [2.24, 2.45) is 0 Å². The van der Waals surface area contributed by atoms with Gasteiger partial charge in [-0.2, -0.15) is 0 Å². The number of fused-ring (bicyclic) bond motifs is 1. The number of halogens is 1. The van der Waals surface area contributed by atoms with E-state index in [0.717, 1.165) is 22.2 Å². The Balaban J connectivity index is 1.46. The molecule has 0 saturated carbocycles. The SMILES string of the molecule is O=C(/C=C/c1ccccc1Cl)Nc1ccc(-c2nc3ccccc3o2)cc1. The number of aromatic nitrogens is 1. The topological polar surface area (TPSA) is 55.1 Å². The zero-order chi connectivity index (χ0) is 18.6. The molecule has 0 saturated heterocycles. The Morgan fingerprint density at radius 3 is 2.48 bits per heavy atom. The minimum Gasteiger partial charge on any atom is -0.436 e. The first-order valence-corrected chi connectivity index (χ1v) is 8.76. The number of hydrogen-bond acceptors (Lipinski definition) is 3. The van der Waals surface area contributed by atoms with Crippen LogP contribution in [0.2, 0.25) is 5.02 Å². The molecule has 0 aliphatic heterocycles. The van der Waals surface area contributed by atoms with Crippen LogP contribution in [-0.2, 0) is 4.79 Å². The number of anilines is 1. The molecule has 1 heterocycles. The summed E-state index contributed by atoms with van der Waals surface area (Å²) in [5.41, 5.74) is 3.88. The largest absolute Gasteiger partial charge is 0.436 e. The average molecular weight is 375 g/mol. The molecule has 0 bridgehead atoms. The van der Waals surface area contributed by atoms with Crippen LogP contribution in [0.1, 0.15) is 5.56 Å². The van der Waals surface area contributed by atoms with Gasteiger partial charge in [-0.1, -0.05) is 41.9 Å². The van der Waals surface area contributed by atoms with Crippen LogP contribution in [0.5, 0.6) is 0 Å². The summed E-state index contributed by atoms with van der Waals surface area (Å²) in [4.78, 5) is 16.6. The van der Waals surface area contributed by atoms with E-state index in [2.05, 4.69) is 10.3 Å². The Kier molecular flexibility index (Phi) is 4.73. The summed E-state index contributed by atoms with van der Waals surface area (Å²) in [5.74, 6) is 0.317. The number of rotatable bonds is 4. The fourth-order valence-electron chi connectivity index (χ4n) is 2.65.